The standard InChI is InChI=1S/C15H20FN3O/c1-11(12-4-5-15(20-3)14(16)10-12)17-8-6-13-7-9-19(2)18-13/h4-5,7,9-11,17H,6,8H2,1-3H3. The molecular formula is C15H20FN3O. The van der Waals surface area contributed by atoms with Crippen molar-refractivity contribution in [3.8, 4) is 5.75 Å². The van der Waals surface area contributed by atoms with E-state index in [0.717, 1.165) is 24.2 Å². The van der Waals surface area contributed by atoms with E-state index >= 15 is 0 Å². The van der Waals surface area contributed by atoms with Crippen molar-refractivity contribution in [2.75, 3.05) is 13.7 Å². The van der Waals surface area contributed by atoms with Crippen molar-refractivity contribution < 1.29 is 9.13 Å². The van der Waals surface area contributed by atoms with Crippen molar-refractivity contribution in [1.82, 2.24) is 15.1 Å². The summed E-state index contributed by atoms with van der Waals surface area (Å²) in [5, 5.41) is 7.68. The van der Waals surface area contributed by atoms with Crippen molar-refractivity contribution in [1.29, 1.82) is 0 Å². The zero-order valence-electron chi connectivity index (χ0n) is 12.1. The molecule has 1 heterocycles. The van der Waals surface area contributed by atoms with E-state index in [9.17, 15) is 4.39 Å². The van der Waals surface area contributed by atoms with Gasteiger partial charge in [0.25, 0.3) is 0 Å². The molecule has 4 nitrogen and oxygen atoms in total. The minimum atomic E-state index is -0.330. The summed E-state index contributed by atoms with van der Waals surface area (Å²) in [6.07, 6.45) is 2.78. The summed E-state index contributed by atoms with van der Waals surface area (Å²) in [6.45, 7) is 2.81. The lowest BCUT2D eigenvalue weighted by Crippen LogP contribution is -2.21. The molecule has 0 aliphatic heterocycles. The fraction of sp³-hybridized carbons (Fsp3) is 0.400. The highest BCUT2D eigenvalue weighted by Gasteiger charge is 2.09. The molecule has 0 saturated heterocycles. The molecule has 0 fully saturated rings. The van der Waals surface area contributed by atoms with Gasteiger partial charge in [-0.1, -0.05) is 6.07 Å². The predicted octanol–water partition coefficient (Wildman–Crippen LogP) is 2.46. The summed E-state index contributed by atoms with van der Waals surface area (Å²) in [5.74, 6) is -0.0576. The fourth-order valence-corrected chi connectivity index (χ4v) is 2.08. The van der Waals surface area contributed by atoms with Crippen LogP contribution >= 0.6 is 0 Å². The Kier molecular flexibility index (Phi) is 4.74. The van der Waals surface area contributed by atoms with Gasteiger partial charge in [-0.3, -0.25) is 4.68 Å². The van der Waals surface area contributed by atoms with Gasteiger partial charge in [0.15, 0.2) is 11.6 Å². The van der Waals surface area contributed by atoms with Crippen LogP contribution in [0.3, 0.4) is 0 Å². The maximum absolute atomic E-state index is 13.6. The van der Waals surface area contributed by atoms with Crippen LogP contribution in [0.25, 0.3) is 0 Å². The second kappa shape index (κ2) is 6.52. The zero-order valence-corrected chi connectivity index (χ0v) is 12.1. The van der Waals surface area contributed by atoms with Gasteiger partial charge >= 0.3 is 0 Å². The molecule has 2 rings (SSSR count). The molecule has 108 valence electrons. The molecule has 0 saturated carbocycles. The Balaban J connectivity index is 1.88. The van der Waals surface area contributed by atoms with Gasteiger partial charge in [-0.05, 0) is 30.7 Å². The molecule has 5 heteroatoms. The SMILES string of the molecule is COc1ccc(C(C)NCCc2ccn(C)n2)cc1F. The van der Waals surface area contributed by atoms with E-state index in [2.05, 4.69) is 10.4 Å². The van der Waals surface area contributed by atoms with Crippen LogP contribution in [0.2, 0.25) is 0 Å². The summed E-state index contributed by atoms with van der Waals surface area (Å²) in [7, 11) is 3.37. The molecule has 1 aromatic carbocycles. The van der Waals surface area contributed by atoms with E-state index in [1.54, 1.807) is 10.7 Å². The first-order valence-corrected chi connectivity index (χ1v) is 6.65. The van der Waals surface area contributed by atoms with Crippen LogP contribution < -0.4 is 10.1 Å². The maximum atomic E-state index is 13.6. The molecule has 0 aliphatic rings. The number of methoxy groups -OCH3 is 1. The third-order valence-corrected chi connectivity index (χ3v) is 3.28. The first kappa shape index (κ1) is 14.5. The minimum absolute atomic E-state index is 0.0825. The van der Waals surface area contributed by atoms with Gasteiger partial charge in [0.05, 0.1) is 12.8 Å². The molecule has 0 bridgehead atoms. The Hall–Kier alpha value is -1.88. The lowest BCUT2D eigenvalue weighted by atomic mass is 10.1. The van der Waals surface area contributed by atoms with E-state index in [1.807, 2.05) is 32.3 Å². The number of benzene rings is 1. The van der Waals surface area contributed by atoms with E-state index in [1.165, 1.54) is 13.2 Å². The van der Waals surface area contributed by atoms with Crippen molar-refractivity contribution >= 4 is 0 Å². The maximum Gasteiger partial charge on any atom is 0.165 e. The van der Waals surface area contributed by atoms with Gasteiger partial charge in [-0.25, -0.2) is 4.39 Å². The number of nitrogens with zero attached hydrogens (tertiary/aromatic N) is 2. The summed E-state index contributed by atoms with van der Waals surface area (Å²) in [4.78, 5) is 0. The predicted molar refractivity (Wildman–Crippen MR) is 76.3 cm³/mol. The highest BCUT2D eigenvalue weighted by atomic mass is 19.1. The Morgan fingerprint density at radius 1 is 1.40 bits per heavy atom. The Labute approximate surface area is 118 Å². The van der Waals surface area contributed by atoms with Crippen LogP contribution in [0, 0.1) is 5.82 Å². The third kappa shape index (κ3) is 3.57. The normalized spacial score (nSPS) is 12.4. The van der Waals surface area contributed by atoms with Gasteiger partial charge in [0, 0.05) is 32.3 Å². The average Bonchev–Trinajstić information content (AvgIpc) is 2.84. The largest absolute Gasteiger partial charge is 0.494 e. The van der Waals surface area contributed by atoms with Crippen molar-refractivity contribution in [3.05, 3.63) is 47.5 Å². The van der Waals surface area contributed by atoms with Crippen LogP contribution in [0.15, 0.2) is 30.5 Å². The number of aryl methyl sites for hydroxylation is 1. The molecule has 0 radical (unpaired) electrons. The monoisotopic (exact) mass is 277 g/mol. The van der Waals surface area contributed by atoms with Crippen LogP contribution in [0.4, 0.5) is 4.39 Å². The van der Waals surface area contributed by atoms with Crippen molar-refractivity contribution in [3.63, 3.8) is 0 Å². The van der Waals surface area contributed by atoms with Gasteiger partial charge in [0.1, 0.15) is 0 Å². The van der Waals surface area contributed by atoms with Gasteiger partial charge < -0.3 is 10.1 Å². The Morgan fingerprint density at radius 3 is 2.80 bits per heavy atom. The molecule has 0 spiro atoms. The Morgan fingerprint density at radius 2 is 2.20 bits per heavy atom. The van der Waals surface area contributed by atoms with E-state index in [0.29, 0.717) is 0 Å². The van der Waals surface area contributed by atoms with Crippen LogP contribution in [-0.4, -0.2) is 23.4 Å². The number of aromatic nitrogens is 2. The summed E-state index contributed by atoms with van der Waals surface area (Å²) >= 11 is 0. The molecule has 1 aromatic heterocycles. The van der Waals surface area contributed by atoms with Gasteiger partial charge in [-0.2, -0.15) is 5.10 Å². The second-order valence-corrected chi connectivity index (χ2v) is 4.80. The number of nitrogens with one attached hydrogen (secondary N) is 1. The van der Waals surface area contributed by atoms with Crippen molar-refractivity contribution in [2.24, 2.45) is 7.05 Å². The number of hydrogen-bond acceptors (Lipinski definition) is 3. The van der Waals surface area contributed by atoms with Crippen LogP contribution in [-0.2, 0) is 13.5 Å². The average molecular weight is 277 g/mol. The van der Waals surface area contributed by atoms with Gasteiger partial charge in [0.2, 0.25) is 0 Å². The van der Waals surface area contributed by atoms with E-state index in [-0.39, 0.29) is 17.6 Å². The minimum Gasteiger partial charge on any atom is -0.494 e. The van der Waals surface area contributed by atoms with Crippen LogP contribution in [0.5, 0.6) is 5.75 Å². The first-order valence-electron chi connectivity index (χ1n) is 6.65. The molecule has 0 aliphatic carbocycles. The van der Waals surface area contributed by atoms with E-state index < -0.39 is 0 Å². The molecule has 1 unspecified atom stereocenters. The number of rotatable bonds is 6. The first-order chi connectivity index (χ1) is 9.60. The third-order valence-electron chi connectivity index (χ3n) is 3.28. The summed E-state index contributed by atoms with van der Waals surface area (Å²) in [6, 6.07) is 7.12. The molecule has 0 amide bonds. The number of halogens is 1. The molecular weight excluding hydrogens is 257 g/mol. The molecule has 1 atom stereocenters. The lowest BCUT2D eigenvalue weighted by molar-refractivity contribution is 0.385. The van der Waals surface area contributed by atoms with Crippen LogP contribution in [0.1, 0.15) is 24.2 Å². The second-order valence-electron chi connectivity index (χ2n) is 4.80. The molecule has 2 aromatic rings. The highest BCUT2D eigenvalue weighted by Crippen LogP contribution is 2.21. The smallest absolute Gasteiger partial charge is 0.165 e. The highest BCUT2D eigenvalue weighted by molar-refractivity contribution is 5.30. The summed E-state index contributed by atoms with van der Waals surface area (Å²) in [5.41, 5.74) is 1.96. The molecule has 1 N–H and O–H groups in total. The van der Waals surface area contributed by atoms with Gasteiger partial charge in [-0.15, -0.1) is 0 Å². The fourth-order valence-electron chi connectivity index (χ4n) is 2.08. The number of hydrogen-bond donors (Lipinski definition) is 1. The van der Waals surface area contributed by atoms with E-state index in [4.69, 9.17) is 4.74 Å². The molecule has 20 heavy (non-hydrogen) atoms. The lowest BCUT2D eigenvalue weighted by Gasteiger charge is -2.14. The van der Waals surface area contributed by atoms with Crippen molar-refractivity contribution in [2.45, 2.75) is 19.4 Å². The Bertz CT molecular complexity index is 568. The summed E-state index contributed by atoms with van der Waals surface area (Å²) < 4.78 is 20.3. The topological polar surface area (TPSA) is 39.1 Å². The number of ether oxygens (including phenoxy) is 1. The zero-order chi connectivity index (χ0) is 14.5. The quantitative estimate of drug-likeness (QED) is 0.881.